The molecule has 0 aliphatic heterocycles. The van der Waals surface area contributed by atoms with E-state index in [4.69, 9.17) is 23.2 Å². The van der Waals surface area contributed by atoms with E-state index >= 15 is 0 Å². The number of aromatic nitrogens is 3. The molecule has 7 nitrogen and oxygen atoms in total. The van der Waals surface area contributed by atoms with Gasteiger partial charge in [0.25, 0.3) is 5.91 Å². The Morgan fingerprint density at radius 2 is 1.86 bits per heavy atom. The number of rotatable bonds is 9. The van der Waals surface area contributed by atoms with Crippen LogP contribution in [0.2, 0.25) is 10.0 Å². The molecule has 1 amide bonds. The Hall–Kier alpha value is -3.37. The van der Waals surface area contributed by atoms with Crippen molar-refractivity contribution in [2.45, 2.75) is 18.7 Å². The molecule has 4 aromatic rings. The molecule has 1 heterocycles. The molecule has 0 radical (unpaired) electrons. The first kappa shape index (κ1) is 26.7. The lowest BCUT2D eigenvalue weighted by molar-refractivity contribution is -0.0175. The van der Waals surface area contributed by atoms with E-state index in [1.165, 1.54) is 29.5 Å². The number of halogens is 4. The number of hydrogen-bond donors (Lipinski definition) is 2. The summed E-state index contributed by atoms with van der Waals surface area (Å²) in [7, 11) is 1.77. The molecule has 2 N–H and O–H groups in total. The molecule has 3 aromatic carbocycles. The lowest BCUT2D eigenvalue weighted by Gasteiger charge is -2.33. The van der Waals surface area contributed by atoms with Crippen LogP contribution >= 0.6 is 23.2 Å². The zero-order valence-electron chi connectivity index (χ0n) is 19.7. The van der Waals surface area contributed by atoms with Gasteiger partial charge in [-0.05, 0) is 49.0 Å². The molecule has 0 spiro atoms. The summed E-state index contributed by atoms with van der Waals surface area (Å²) in [6, 6.07) is 14.9. The third-order valence-electron chi connectivity index (χ3n) is 5.69. The van der Waals surface area contributed by atoms with Crippen LogP contribution in [-0.4, -0.2) is 44.3 Å². The average Bonchev–Trinajstić information content (AvgIpc) is 3.32. The number of aliphatic hydroxyl groups is 1. The average molecular weight is 546 g/mol. The molecule has 0 saturated carbocycles. The molecule has 0 saturated heterocycles. The first-order chi connectivity index (χ1) is 17.6. The van der Waals surface area contributed by atoms with E-state index in [2.05, 4.69) is 15.4 Å². The van der Waals surface area contributed by atoms with Gasteiger partial charge in [-0.15, -0.1) is 0 Å². The lowest BCUT2D eigenvalue weighted by atomic mass is 9.92. The van der Waals surface area contributed by atoms with Gasteiger partial charge in [0.15, 0.2) is 0 Å². The Morgan fingerprint density at radius 1 is 1.11 bits per heavy atom. The van der Waals surface area contributed by atoms with Crippen LogP contribution in [0.1, 0.15) is 21.5 Å². The Morgan fingerprint density at radius 3 is 2.51 bits per heavy atom. The molecule has 11 heteroatoms. The molecule has 1 unspecified atom stereocenters. The molecule has 37 heavy (non-hydrogen) atoms. The molecule has 4 rings (SSSR count). The summed E-state index contributed by atoms with van der Waals surface area (Å²) in [6.07, 6.45) is 2.73. The van der Waals surface area contributed by atoms with Crippen molar-refractivity contribution in [1.29, 1.82) is 0 Å². The lowest BCUT2D eigenvalue weighted by Crippen LogP contribution is -2.43. The third kappa shape index (κ3) is 6.69. The summed E-state index contributed by atoms with van der Waals surface area (Å²) in [6.45, 7) is 0.334. The standard InChI is InChI=1S/C26H23Cl2F2N5O2/c1-34(13-26(37,14-35-16-31-15-32-35)22-9-5-19(29)11-24(22)30)12-17-2-6-20(7-3-17)33-25(36)21-8-4-18(27)10-23(21)28/h2-11,15-16,37H,12-14H2,1H3,(H,33,36). The number of benzene rings is 3. The van der Waals surface area contributed by atoms with Crippen LogP contribution in [-0.2, 0) is 18.7 Å². The van der Waals surface area contributed by atoms with Gasteiger partial charge in [0, 0.05) is 35.4 Å². The van der Waals surface area contributed by atoms with Crippen molar-refractivity contribution in [3.05, 3.63) is 112 Å². The molecule has 0 bridgehead atoms. The van der Waals surface area contributed by atoms with E-state index in [0.717, 1.165) is 17.7 Å². The van der Waals surface area contributed by atoms with Crippen LogP contribution in [0.25, 0.3) is 0 Å². The molecular weight excluding hydrogens is 523 g/mol. The van der Waals surface area contributed by atoms with Gasteiger partial charge in [-0.3, -0.25) is 9.69 Å². The van der Waals surface area contributed by atoms with Crippen molar-refractivity contribution >= 4 is 34.8 Å². The van der Waals surface area contributed by atoms with Crippen molar-refractivity contribution in [2.24, 2.45) is 0 Å². The zero-order chi connectivity index (χ0) is 26.6. The second-order valence-electron chi connectivity index (χ2n) is 8.70. The maximum Gasteiger partial charge on any atom is 0.257 e. The van der Waals surface area contributed by atoms with E-state index in [9.17, 15) is 18.7 Å². The van der Waals surface area contributed by atoms with E-state index in [1.807, 2.05) is 12.1 Å². The van der Waals surface area contributed by atoms with E-state index < -0.39 is 17.2 Å². The topological polar surface area (TPSA) is 83.3 Å². The fourth-order valence-corrected chi connectivity index (χ4v) is 4.54. The summed E-state index contributed by atoms with van der Waals surface area (Å²) in [5, 5.41) is 19.0. The van der Waals surface area contributed by atoms with Gasteiger partial charge in [0.05, 0.1) is 17.1 Å². The van der Waals surface area contributed by atoms with Crippen LogP contribution in [0.15, 0.2) is 73.3 Å². The van der Waals surface area contributed by atoms with Crippen molar-refractivity contribution in [3.63, 3.8) is 0 Å². The molecule has 192 valence electrons. The van der Waals surface area contributed by atoms with Gasteiger partial charge >= 0.3 is 0 Å². The smallest absolute Gasteiger partial charge is 0.257 e. The quantitative estimate of drug-likeness (QED) is 0.304. The second kappa shape index (κ2) is 11.4. The number of hydrogen-bond acceptors (Lipinski definition) is 5. The summed E-state index contributed by atoms with van der Waals surface area (Å²) >= 11 is 12.0. The third-order valence-corrected chi connectivity index (χ3v) is 6.24. The fourth-order valence-electron chi connectivity index (χ4n) is 4.05. The van der Waals surface area contributed by atoms with E-state index in [0.29, 0.717) is 22.8 Å². The van der Waals surface area contributed by atoms with Gasteiger partial charge in [0.2, 0.25) is 0 Å². The summed E-state index contributed by atoms with van der Waals surface area (Å²) in [5.74, 6) is -1.95. The molecule has 1 aromatic heterocycles. The highest BCUT2D eigenvalue weighted by molar-refractivity contribution is 6.37. The highest BCUT2D eigenvalue weighted by atomic mass is 35.5. The fraction of sp³-hybridized carbons (Fsp3) is 0.192. The monoisotopic (exact) mass is 545 g/mol. The normalized spacial score (nSPS) is 12.9. The predicted octanol–water partition coefficient (Wildman–Crippen LogP) is 5.14. The first-order valence-electron chi connectivity index (χ1n) is 11.2. The molecular formula is C26H23Cl2F2N5O2. The Labute approximate surface area is 222 Å². The Bertz CT molecular complexity index is 1390. The first-order valence-corrected chi connectivity index (χ1v) is 11.9. The molecule has 0 aliphatic rings. The van der Waals surface area contributed by atoms with Crippen LogP contribution in [0.4, 0.5) is 14.5 Å². The van der Waals surface area contributed by atoms with Crippen LogP contribution in [0.5, 0.6) is 0 Å². The van der Waals surface area contributed by atoms with Gasteiger partial charge in [-0.2, -0.15) is 5.10 Å². The Kier molecular flexibility index (Phi) is 8.19. The van der Waals surface area contributed by atoms with Crippen LogP contribution < -0.4 is 5.32 Å². The molecule has 0 aliphatic carbocycles. The minimum absolute atomic E-state index is 0.0168. The number of likely N-dealkylation sites (N-methyl/N-ethyl adjacent to an activating group) is 1. The Balaban J connectivity index is 1.45. The van der Waals surface area contributed by atoms with Crippen molar-refractivity contribution in [1.82, 2.24) is 19.7 Å². The highest BCUT2D eigenvalue weighted by Crippen LogP contribution is 2.28. The molecule has 1 atom stereocenters. The van der Waals surface area contributed by atoms with Gasteiger partial charge in [-0.1, -0.05) is 41.4 Å². The number of nitrogens with one attached hydrogen (secondary N) is 1. The van der Waals surface area contributed by atoms with Gasteiger partial charge in [0.1, 0.15) is 29.9 Å². The van der Waals surface area contributed by atoms with Crippen molar-refractivity contribution < 1.29 is 18.7 Å². The summed E-state index contributed by atoms with van der Waals surface area (Å²) in [4.78, 5) is 18.2. The molecule has 0 fully saturated rings. The number of amides is 1. The number of carbonyl (C=O) groups excluding carboxylic acids is 1. The predicted molar refractivity (Wildman–Crippen MR) is 137 cm³/mol. The number of nitrogens with zero attached hydrogens (tertiary/aromatic N) is 4. The number of anilines is 1. The van der Waals surface area contributed by atoms with Crippen molar-refractivity contribution in [2.75, 3.05) is 18.9 Å². The highest BCUT2D eigenvalue weighted by Gasteiger charge is 2.34. The SMILES string of the molecule is CN(Cc1ccc(NC(=O)c2ccc(Cl)cc2Cl)cc1)CC(O)(Cn1cncn1)c1ccc(F)cc1F. The maximum atomic E-state index is 14.7. The largest absolute Gasteiger partial charge is 0.382 e. The summed E-state index contributed by atoms with van der Waals surface area (Å²) < 4.78 is 29.6. The zero-order valence-corrected chi connectivity index (χ0v) is 21.2. The van der Waals surface area contributed by atoms with Gasteiger partial charge in [-0.25, -0.2) is 18.4 Å². The van der Waals surface area contributed by atoms with E-state index in [-0.39, 0.29) is 29.6 Å². The van der Waals surface area contributed by atoms with Crippen LogP contribution in [0.3, 0.4) is 0 Å². The number of carbonyl (C=O) groups is 1. The minimum Gasteiger partial charge on any atom is -0.382 e. The van der Waals surface area contributed by atoms with Gasteiger partial charge < -0.3 is 10.4 Å². The second-order valence-corrected chi connectivity index (χ2v) is 9.54. The van der Waals surface area contributed by atoms with Crippen LogP contribution in [0, 0.1) is 11.6 Å². The summed E-state index contributed by atoms with van der Waals surface area (Å²) in [5.41, 5.74) is -0.0117. The van der Waals surface area contributed by atoms with Crippen molar-refractivity contribution in [3.8, 4) is 0 Å². The van der Waals surface area contributed by atoms with E-state index in [1.54, 1.807) is 36.2 Å². The minimum atomic E-state index is -1.72. The maximum absolute atomic E-state index is 14.7.